The van der Waals surface area contributed by atoms with Gasteiger partial charge in [0.1, 0.15) is 11.5 Å². The fourth-order valence-electron chi connectivity index (χ4n) is 3.92. The summed E-state index contributed by atoms with van der Waals surface area (Å²) in [6.07, 6.45) is 5.24. The molecule has 0 unspecified atom stereocenters. The molecule has 9 heteroatoms. The van der Waals surface area contributed by atoms with E-state index in [4.69, 9.17) is 9.47 Å². The van der Waals surface area contributed by atoms with Gasteiger partial charge in [-0.3, -0.25) is 9.98 Å². The van der Waals surface area contributed by atoms with Crippen molar-refractivity contribution in [2.24, 2.45) is 9.98 Å². The third-order valence-corrected chi connectivity index (χ3v) is 5.91. The minimum Gasteiger partial charge on any atom is -0.870 e. The number of aliphatic imine (C=N–C) groups is 2. The average Bonchev–Trinajstić information content (AvgIpc) is 2.86. The Morgan fingerprint density at radius 3 is 1.51 bits per heavy atom. The first kappa shape index (κ1) is 28.6. The van der Waals surface area contributed by atoms with Crippen molar-refractivity contribution >= 4 is 12.4 Å². The van der Waals surface area contributed by atoms with Gasteiger partial charge in [-0.1, -0.05) is 35.8 Å². The molecule has 2 aromatic carbocycles. The average molecular weight is 526 g/mol. The summed E-state index contributed by atoms with van der Waals surface area (Å²) in [4.78, 5) is 13.8. The van der Waals surface area contributed by atoms with E-state index in [0.29, 0.717) is 35.7 Å². The first-order valence-corrected chi connectivity index (χ1v) is 11.7. The summed E-state index contributed by atoms with van der Waals surface area (Å²) in [6.45, 7) is 7.63. The molecule has 0 aromatic heterocycles. The van der Waals surface area contributed by atoms with Crippen molar-refractivity contribution in [1.29, 1.82) is 0 Å². The number of ether oxygens (including phenoxy) is 2. The minimum atomic E-state index is -0.119. The minimum absolute atomic E-state index is 0. The molecule has 35 heavy (non-hydrogen) atoms. The number of methoxy groups -OCH3 is 2. The standard InChI is InChI=1S/C26H36N4O4.Co/c1-33-23-9-3-7-21(25(23)31)19-27-11-5-13-29-15-17-30(18-16-29)14-6-12-28-20-22-8-4-10-24(34-2)26(22)32;/h3-4,7-10,19-20,31-32H,5-6,11-18H2,1-2H3;/q;+3/p-2. The molecule has 0 N–H and O–H groups in total. The summed E-state index contributed by atoms with van der Waals surface area (Å²) in [7, 11) is 3.00. The van der Waals surface area contributed by atoms with E-state index in [2.05, 4.69) is 19.8 Å². The topological polar surface area (TPSA) is 95.8 Å². The molecule has 1 aliphatic heterocycles. The molecule has 0 amide bonds. The van der Waals surface area contributed by atoms with E-state index in [1.807, 2.05) is 0 Å². The van der Waals surface area contributed by atoms with E-state index < -0.39 is 0 Å². The molecule has 1 fully saturated rings. The summed E-state index contributed by atoms with van der Waals surface area (Å²) < 4.78 is 10.1. The summed E-state index contributed by atoms with van der Waals surface area (Å²) in [5.41, 5.74) is 1.13. The maximum absolute atomic E-state index is 12.1. The predicted molar refractivity (Wildman–Crippen MR) is 132 cm³/mol. The molecule has 1 aliphatic rings. The Morgan fingerprint density at radius 2 is 1.14 bits per heavy atom. The van der Waals surface area contributed by atoms with Crippen LogP contribution < -0.4 is 19.7 Å². The van der Waals surface area contributed by atoms with Gasteiger partial charge in [0.25, 0.3) is 0 Å². The predicted octanol–water partition coefficient (Wildman–Crippen LogP) is 1.78. The van der Waals surface area contributed by atoms with Gasteiger partial charge in [0, 0.05) is 51.7 Å². The largest absolute Gasteiger partial charge is 3.00 e. The van der Waals surface area contributed by atoms with Crippen LogP contribution in [0.4, 0.5) is 0 Å². The van der Waals surface area contributed by atoms with E-state index in [-0.39, 0.29) is 28.3 Å². The van der Waals surface area contributed by atoms with Crippen LogP contribution in [0.1, 0.15) is 24.0 Å². The van der Waals surface area contributed by atoms with Gasteiger partial charge < -0.3 is 29.5 Å². The SMILES string of the molecule is COc1cccc(C=NCCCN2CCN(CCCN=Cc3cccc(OC)c3[O-])CC2)c1[O-].[Co+3]. The van der Waals surface area contributed by atoms with E-state index >= 15 is 0 Å². The maximum Gasteiger partial charge on any atom is 3.00 e. The van der Waals surface area contributed by atoms with E-state index in [9.17, 15) is 10.2 Å². The number of piperazine rings is 1. The van der Waals surface area contributed by atoms with Crippen molar-refractivity contribution in [2.45, 2.75) is 12.8 Å². The van der Waals surface area contributed by atoms with Crippen LogP contribution in [0.25, 0.3) is 0 Å². The van der Waals surface area contributed by atoms with Crippen molar-refractivity contribution in [3.8, 4) is 23.0 Å². The fourth-order valence-corrected chi connectivity index (χ4v) is 3.92. The number of benzene rings is 2. The Kier molecular flexibility index (Phi) is 12.6. The van der Waals surface area contributed by atoms with Gasteiger partial charge in [0.05, 0.1) is 14.2 Å². The Balaban J connectivity index is 0.00000432. The van der Waals surface area contributed by atoms with Crippen LogP contribution in [0.3, 0.4) is 0 Å². The number of rotatable bonds is 12. The van der Waals surface area contributed by atoms with Crippen LogP contribution in [0, 0.1) is 0 Å². The monoisotopic (exact) mass is 525 g/mol. The Morgan fingerprint density at radius 1 is 0.743 bits per heavy atom. The fraction of sp³-hybridized carbons (Fsp3) is 0.462. The number of nitrogens with zero attached hydrogens (tertiary/aromatic N) is 4. The van der Waals surface area contributed by atoms with Gasteiger partial charge in [-0.15, -0.1) is 0 Å². The normalized spacial score (nSPS) is 14.9. The van der Waals surface area contributed by atoms with E-state index in [0.717, 1.165) is 52.1 Å². The number of para-hydroxylation sites is 2. The molecular weight excluding hydrogens is 491 g/mol. The van der Waals surface area contributed by atoms with E-state index in [1.54, 1.807) is 48.8 Å². The molecule has 0 radical (unpaired) electrons. The first-order valence-electron chi connectivity index (χ1n) is 11.7. The van der Waals surface area contributed by atoms with Crippen LogP contribution in [-0.2, 0) is 16.8 Å². The molecule has 0 aliphatic carbocycles. The maximum atomic E-state index is 12.1. The first-order chi connectivity index (χ1) is 16.6. The zero-order chi connectivity index (χ0) is 24.2. The van der Waals surface area contributed by atoms with Crippen molar-refractivity contribution in [3.05, 3.63) is 47.5 Å². The molecule has 8 nitrogen and oxygen atoms in total. The summed E-state index contributed by atoms with van der Waals surface area (Å²) in [5, 5.41) is 24.2. The molecule has 1 saturated heterocycles. The zero-order valence-corrected chi connectivity index (χ0v) is 21.5. The van der Waals surface area contributed by atoms with Gasteiger partial charge in [0.2, 0.25) is 0 Å². The third-order valence-electron chi connectivity index (χ3n) is 5.91. The smallest absolute Gasteiger partial charge is 0.870 e. The van der Waals surface area contributed by atoms with Gasteiger partial charge >= 0.3 is 16.8 Å². The van der Waals surface area contributed by atoms with Crippen LogP contribution in [0.15, 0.2) is 46.4 Å². The van der Waals surface area contributed by atoms with Crippen LogP contribution in [0.2, 0.25) is 0 Å². The summed E-state index contributed by atoms with van der Waals surface area (Å²) >= 11 is 0. The summed E-state index contributed by atoms with van der Waals surface area (Å²) in [6, 6.07) is 10.5. The number of hydrogen-bond acceptors (Lipinski definition) is 8. The van der Waals surface area contributed by atoms with Crippen molar-refractivity contribution in [2.75, 3.05) is 66.6 Å². The van der Waals surface area contributed by atoms with Gasteiger partial charge in [-0.05, 0) is 49.2 Å². The second kappa shape index (κ2) is 15.4. The van der Waals surface area contributed by atoms with Crippen molar-refractivity contribution in [1.82, 2.24) is 9.80 Å². The van der Waals surface area contributed by atoms with E-state index in [1.165, 1.54) is 14.2 Å². The van der Waals surface area contributed by atoms with Gasteiger partial charge in [-0.25, -0.2) is 0 Å². The second-order valence-electron chi connectivity index (χ2n) is 8.22. The van der Waals surface area contributed by atoms with Crippen molar-refractivity contribution < 1.29 is 36.5 Å². The Hall–Kier alpha value is -2.59. The molecule has 0 spiro atoms. The third kappa shape index (κ3) is 8.85. The second-order valence-corrected chi connectivity index (χ2v) is 8.22. The molecule has 2 aromatic rings. The Labute approximate surface area is 218 Å². The molecule has 3 rings (SSSR count). The molecule has 190 valence electrons. The number of hydrogen-bond donors (Lipinski definition) is 0. The molecule has 0 saturated carbocycles. The Bertz CT molecular complexity index is 885. The zero-order valence-electron chi connectivity index (χ0n) is 20.4. The van der Waals surface area contributed by atoms with Gasteiger partial charge in [-0.2, -0.15) is 0 Å². The molecule has 0 bridgehead atoms. The molecule has 1 heterocycles. The van der Waals surface area contributed by atoms with Crippen LogP contribution >= 0.6 is 0 Å². The molecular formula is C26H34CoN4O4+. The van der Waals surface area contributed by atoms with Crippen LogP contribution in [0.5, 0.6) is 23.0 Å². The quantitative estimate of drug-likeness (QED) is 0.310. The molecule has 0 atom stereocenters. The summed E-state index contributed by atoms with van der Waals surface area (Å²) in [5.74, 6) is 0.459. The van der Waals surface area contributed by atoms with Gasteiger partial charge in [0.15, 0.2) is 0 Å². The van der Waals surface area contributed by atoms with Crippen LogP contribution in [-0.4, -0.2) is 88.8 Å². The van der Waals surface area contributed by atoms with Crippen molar-refractivity contribution in [3.63, 3.8) is 0 Å².